The topological polar surface area (TPSA) is 80.2 Å². The number of hydrogen-bond donors (Lipinski definition) is 1. The molecule has 0 unspecified atom stereocenters. The van der Waals surface area contributed by atoms with E-state index in [9.17, 15) is 4.79 Å². The standard InChI is InChI=1S/C17H19N5O2/c23-17(21-12-2-1-7-18-10-12)15-4-3-13-14(24-15)6-9-22(13)16-5-8-19-11-20-16/h1-2,5,7-8,10-11,13-15H,3-4,6,9H2,(H,21,23)/t13-,14-,15+/m1/s1. The number of carbonyl (C=O) groups excluding carboxylic acids is 1. The molecule has 4 heterocycles. The number of nitrogens with one attached hydrogen (secondary N) is 1. The lowest BCUT2D eigenvalue weighted by atomic mass is 9.98. The van der Waals surface area contributed by atoms with Gasteiger partial charge in [-0.1, -0.05) is 0 Å². The number of pyridine rings is 1. The molecular formula is C17H19N5O2. The third-order valence-corrected chi connectivity index (χ3v) is 4.63. The monoisotopic (exact) mass is 325 g/mol. The van der Waals surface area contributed by atoms with Gasteiger partial charge in [0.05, 0.1) is 24.0 Å². The first kappa shape index (κ1) is 15.0. The maximum absolute atomic E-state index is 12.4. The van der Waals surface area contributed by atoms with Crippen LogP contribution in [0.25, 0.3) is 0 Å². The Balaban J connectivity index is 1.40. The van der Waals surface area contributed by atoms with Crippen molar-refractivity contribution in [2.75, 3.05) is 16.8 Å². The SMILES string of the molecule is O=C(Nc1cccnc1)[C@@H]1CC[C@@H]2[C@@H](CCN2c2ccncn2)O1. The average Bonchev–Trinajstić information content (AvgIpc) is 3.06. The van der Waals surface area contributed by atoms with Gasteiger partial charge in [-0.15, -0.1) is 0 Å². The predicted molar refractivity (Wildman–Crippen MR) is 88.5 cm³/mol. The minimum Gasteiger partial charge on any atom is -0.363 e. The summed E-state index contributed by atoms with van der Waals surface area (Å²) in [6.45, 7) is 0.892. The Hall–Kier alpha value is -2.54. The van der Waals surface area contributed by atoms with Gasteiger partial charge in [0, 0.05) is 18.9 Å². The second-order valence-electron chi connectivity index (χ2n) is 6.09. The molecule has 4 rings (SSSR count). The van der Waals surface area contributed by atoms with Gasteiger partial charge >= 0.3 is 0 Å². The number of hydrogen-bond acceptors (Lipinski definition) is 6. The second kappa shape index (κ2) is 6.52. The van der Waals surface area contributed by atoms with Gasteiger partial charge in [0.1, 0.15) is 18.2 Å². The van der Waals surface area contributed by atoms with Crippen LogP contribution in [0, 0.1) is 0 Å². The Morgan fingerprint density at radius 2 is 2.17 bits per heavy atom. The Bertz CT molecular complexity index is 697. The average molecular weight is 325 g/mol. The van der Waals surface area contributed by atoms with Crippen LogP contribution in [0.2, 0.25) is 0 Å². The summed E-state index contributed by atoms with van der Waals surface area (Å²) in [5.74, 6) is 0.835. The molecule has 0 radical (unpaired) electrons. The summed E-state index contributed by atoms with van der Waals surface area (Å²) >= 11 is 0. The smallest absolute Gasteiger partial charge is 0.253 e. The van der Waals surface area contributed by atoms with E-state index in [-0.39, 0.29) is 18.1 Å². The lowest BCUT2D eigenvalue weighted by Crippen LogP contribution is -2.46. The van der Waals surface area contributed by atoms with E-state index in [2.05, 4.69) is 25.2 Å². The highest BCUT2D eigenvalue weighted by molar-refractivity contribution is 5.94. The summed E-state index contributed by atoms with van der Waals surface area (Å²) in [4.78, 5) is 27.0. The molecule has 0 aromatic carbocycles. The van der Waals surface area contributed by atoms with Crippen molar-refractivity contribution in [3.8, 4) is 0 Å². The Kier molecular flexibility index (Phi) is 4.08. The summed E-state index contributed by atoms with van der Waals surface area (Å²) in [6.07, 6.45) is 8.82. The van der Waals surface area contributed by atoms with Crippen LogP contribution in [0.4, 0.5) is 11.5 Å². The molecule has 2 fully saturated rings. The zero-order valence-corrected chi connectivity index (χ0v) is 13.2. The maximum atomic E-state index is 12.4. The number of rotatable bonds is 3. The van der Waals surface area contributed by atoms with Crippen molar-refractivity contribution in [3.63, 3.8) is 0 Å². The highest BCUT2D eigenvalue weighted by atomic mass is 16.5. The van der Waals surface area contributed by atoms with Gasteiger partial charge in [0.2, 0.25) is 0 Å². The minimum absolute atomic E-state index is 0.0679. The van der Waals surface area contributed by atoms with E-state index in [1.807, 2.05) is 12.1 Å². The number of anilines is 2. The fourth-order valence-corrected chi connectivity index (χ4v) is 3.52. The molecule has 2 aromatic heterocycles. The molecule has 3 atom stereocenters. The Labute approximate surface area is 140 Å². The fourth-order valence-electron chi connectivity index (χ4n) is 3.52. The van der Waals surface area contributed by atoms with E-state index in [4.69, 9.17) is 4.74 Å². The number of nitrogens with zero attached hydrogens (tertiary/aromatic N) is 4. The van der Waals surface area contributed by atoms with Crippen molar-refractivity contribution >= 4 is 17.4 Å². The van der Waals surface area contributed by atoms with Crippen LogP contribution in [0.1, 0.15) is 19.3 Å². The molecule has 0 saturated carbocycles. The largest absolute Gasteiger partial charge is 0.363 e. The van der Waals surface area contributed by atoms with E-state index in [0.717, 1.165) is 25.2 Å². The molecule has 1 N–H and O–H groups in total. The molecule has 2 saturated heterocycles. The van der Waals surface area contributed by atoms with Crippen molar-refractivity contribution in [3.05, 3.63) is 43.1 Å². The van der Waals surface area contributed by atoms with Gasteiger partial charge in [-0.05, 0) is 37.5 Å². The van der Waals surface area contributed by atoms with E-state index >= 15 is 0 Å². The van der Waals surface area contributed by atoms with Crippen LogP contribution in [-0.2, 0) is 9.53 Å². The molecule has 7 nitrogen and oxygen atoms in total. The lowest BCUT2D eigenvalue weighted by Gasteiger charge is -2.35. The second-order valence-corrected chi connectivity index (χ2v) is 6.09. The van der Waals surface area contributed by atoms with E-state index in [1.54, 1.807) is 31.0 Å². The van der Waals surface area contributed by atoms with Gasteiger partial charge < -0.3 is 15.0 Å². The third-order valence-electron chi connectivity index (χ3n) is 4.63. The first-order valence-electron chi connectivity index (χ1n) is 8.20. The Morgan fingerprint density at radius 1 is 1.21 bits per heavy atom. The fraction of sp³-hybridized carbons (Fsp3) is 0.412. The van der Waals surface area contributed by atoms with Crippen molar-refractivity contribution in [2.24, 2.45) is 0 Å². The molecule has 2 aromatic rings. The first-order chi connectivity index (χ1) is 11.8. The highest BCUT2D eigenvalue weighted by Crippen LogP contribution is 2.34. The van der Waals surface area contributed by atoms with Crippen LogP contribution in [0.5, 0.6) is 0 Å². The molecule has 7 heteroatoms. The van der Waals surface area contributed by atoms with Gasteiger partial charge in [-0.2, -0.15) is 0 Å². The molecule has 2 aliphatic heterocycles. The number of carbonyl (C=O) groups is 1. The molecule has 1 amide bonds. The molecule has 2 aliphatic rings. The van der Waals surface area contributed by atoms with Gasteiger partial charge in [0.25, 0.3) is 5.91 Å². The molecular weight excluding hydrogens is 306 g/mol. The van der Waals surface area contributed by atoms with Crippen LogP contribution >= 0.6 is 0 Å². The van der Waals surface area contributed by atoms with Gasteiger partial charge in [-0.25, -0.2) is 9.97 Å². The zero-order valence-electron chi connectivity index (χ0n) is 13.2. The lowest BCUT2D eigenvalue weighted by molar-refractivity contribution is -0.136. The summed E-state index contributed by atoms with van der Waals surface area (Å²) in [5.41, 5.74) is 0.697. The van der Waals surface area contributed by atoms with Gasteiger partial charge in [0.15, 0.2) is 0 Å². The molecule has 124 valence electrons. The van der Waals surface area contributed by atoms with E-state index in [1.165, 1.54) is 0 Å². The third kappa shape index (κ3) is 2.94. The maximum Gasteiger partial charge on any atom is 0.253 e. The molecule has 24 heavy (non-hydrogen) atoms. The molecule has 0 spiro atoms. The van der Waals surface area contributed by atoms with Crippen molar-refractivity contribution in [1.29, 1.82) is 0 Å². The zero-order chi connectivity index (χ0) is 16.4. The van der Waals surface area contributed by atoms with Crippen molar-refractivity contribution in [1.82, 2.24) is 15.0 Å². The predicted octanol–water partition coefficient (Wildman–Crippen LogP) is 1.64. The molecule has 0 bridgehead atoms. The summed E-state index contributed by atoms with van der Waals surface area (Å²) < 4.78 is 6.08. The number of fused-ring (bicyclic) bond motifs is 1. The van der Waals surface area contributed by atoms with Crippen molar-refractivity contribution in [2.45, 2.75) is 37.5 Å². The quantitative estimate of drug-likeness (QED) is 0.924. The summed E-state index contributed by atoms with van der Waals surface area (Å²) in [5, 5.41) is 2.87. The number of aromatic nitrogens is 3. The van der Waals surface area contributed by atoms with Crippen molar-refractivity contribution < 1.29 is 9.53 Å². The van der Waals surface area contributed by atoms with Gasteiger partial charge in [-0.3, -0.25) is 9.78 Å². The first-order valence-corrected chi connectivity index (χ1v) is 8.20. The molecule has 0 aliphatic carbocycles. The Morgan fingerprint density at radius 3 is 2.96 bits per heavy atom. The number of ether oxygens (including phenoxy) is 1. The number of amides is 1. The van der Waals surface area contributed by atoms with Crippen LogP contribution in [0.15, 0.2) is 43.1 Å². The van der Waals surface area contributed by atoms with E-state index < -0.39 is 6.10 Å². The highest BCUT2D eigenvalue weighted by Gasteiger charge is 2.42. The van der Waals surface area contributed by atoms with Crippen LogP contribution < -0.4 is 10.2 Å². The normalized spacial score (nSPS) is 26.0. The van der Waals surface area contributed by atoms with Crippen LogP contribution in [0.3, 0.4) is 0 Å². The summed E-state index contributed by atoms with van der Waals surface area (Å²) in [6, 6.07) is 5.82. The summed E-state index contributed by atoms with van der Waals surface area (Å²) in [7, 11) is 0. The minimum atomic E-state index is -0.406. The van der Waals surface area contributed by atoms with Crippen LogP contribution in [-0.4, -0.2) is 45.7 Å². The van der Waals surface area contributed by atoms with E-state index in [0.29, 0.717) is 12.1 Å².